The Morgan fingerprint density at radius 3 is 1.90 bits per heavy atom. The van der Waals surface area contributed by atoms with Crippen LogP contribution in [0.1, 0.15) is 84.0 Å². The van der Waals surface area contributed by atoms with Crippen molar-refractivity contribution < 1.29 is 4.74 Å². The first-order chi connectivity index (χ1) is 9.75. The van der Waals surface area contributed by atoms with Crippen LogP contribution in [0.25, 0.3) is 0 Å². The zero-order valence-electron chi connectivity index (χ0n) is 13.3. The Balaban J connectivity index is 1.39. The fraction of sp³-hybridized carbons (Fsp3) is 1.00. The third-order valence-electron chi connectivity index (χ3n) is 7.18. The van der Waals surface area contributed by atoms with Crippen LogP contribution in [-0.2, 0) is 4.74 Å². The first kappa shape index (κ1) is 13.6. The molecule has 1 saturated heterocycles. The Kier molecular flexibility index (Phi) is 3.41. The van der Waals surface area contributed by atoms with E-state index in [1.54, 1.807) is 19.3 Å². The maximum Gasteiger partial charge on any atom is 0.0972 e. The van der Waals surface area contributed by atoms with E-state index in [-0.39, 0.29) is 0 Å². The van der Waals surface area contributed by atoms with Crippen molar-refractivity contribution in [1.82, 2.24) is 0 Å². The summed E-state index contributed by atoms with van der Waals surface area (Å²) in [6, 6.07) is 0. The number of epoxide rings is 1. The van der Waals surface area contributed by atoms with Gasteiger partial charge in [0.05, 0.1) is 12.2 Å². The summed E-state index contributed by atoms with van der Waals surface area (Å²) >= 11 is 0. The molecule has 0 aromatic heterocycles. The topological polar surface area (TPSA) is 12.5 Å². The Bertz CT molecular complexity index is 319. The lowest BCUT2D eigenvalue weighted by molar-refractivity contribution is -0.0998. The molecule has 1 atom stereocenters. The molecule has 4 bridgehead atoms. The molecule has 0 spiro atoms. The van der Waals surface area contributed by atoms with Crippen molar-refractivity contribution in [2.75, 3.05) is 6.61 Å². The average Bonchev–Trinajstić information content (AvgIpc) is 3.18. The van der Waals surface area contributed by atoms with Crippen LogP contribution in [0, 0.1) is 23.2 Å². The molecular formula is C19H32O. The van der Waals surface area contributed by atoms with Crippen LogP contribution in [-0.4, -0.2) is 12.2 Å². The Hall–Kier alpha value is -0.0400. The van der Waals surface area contributed by atoms with Gasteiger partial charge in [-0.1, -0.05) is 39.0 Å². The van der Waals surface area contributed by atoms with E-state index in [0.29, 0.717) is 11.0 Å². The van der Waals surface area contributed by atoms with Gasteiger partial charge in [-0.05, 0) is 62.7 Å². The minimum absolute atomic E-state index is 0.356. The van der Waals surface area contributed by atoms with E-state index >= 15 is 0 Å². The van der Waals surface area contributed by atoms with E-state index in [1.807, 2.05) is 0 Å². The van der Waals surface area contributed by atoms with Gasteiger partial charge < -0.3 is 4.74 Å². The van der Waals surface area contributed by atoms with Crippen LogP contribution in [0.3, 0.4) is 0 Å². The quantitative estimate of drug-likeness (QED) is 0.452. The molecule has 114 valence electrons. The molecule has 5 fully saturated rings. The number of unbranched alkanes of at least 4 members (excludes halogenated alkanes) is 4. The molecule has 5 aliphatic rings. The molecule has 1 heteroatoms. The van der Waals surface area contributed by atoms with E-state index in [1.165, 1.54) is 57.8 Å². The molecule has 0 N–H and O–H groups in total. The van der Waals surface area contributed by atoms with Gasteiger partial charge in [-0.2, -0.15) is 0 Å². The summed E-state index contributed by atoms with van der Waals surface area (Å²) in [5.74, 6) is 3.22. The van der Waals surface area contributed by atoms with Gasteiger partial charge in [0.25, 0.3) is 0 Å². The molecule has 4 aliphatic carbocycles. The molecule has 1 aliphatic heterocycles. The minimum Gasteiger partial charge on any atom is -0.369 e. The summed E-state index contributed by atoms with van der Waals surface area (Å²) in [6.45, 7) is 3.41. The van der Waals surface area contributed by atoms with Gasteiger partial charge in [-0.15, -0.1) is 0 Å². The SMILES string of the molecule is CCCCCCCC1(C23CC4CC(CC(C4)C2)C3)CO1. The summed E-state index contributed by atoms with van der Waals surface area (Å²) in [7, 11) is 0. The van der Waals surface area contributed by atoms with Gasteiger partial charge in [0.15, 0.2) is 0 Å². The first-order valence-corrected chi connectivity index (χ1v) is 9.39. The Labute approximate surface area is 124 Å². The van der Waals surface area contributed by atoms with Crippen LogP contribution in [0.15, 0.2) is 0 Å². The first-order valence-electron chi connectivity index (χ1n) is 9.39. The van der Waals surface area contributed by atoms with Gasteiger partial charge in [0.1, 0.15) is 0 Å². The summed E-state index contributed by atoms with van der Waals surface area (Å²) in [6.07, 6.45) is 17.7. The van der Waals surface area contributed by atoms with Crippen molar-refractivity contribution in [2.24, 2.45) is 23.2 Å². The molecule has 0 aromatic carbocycles. The predicted octanol–water partition coefficient (Wildman–Crippen LogP) is 5.33. The van der Waals surface area contributed by atoms with E-state index in [2.05, 4.69) is 6.92 Å². The molecule has 0 amide bonds. The zero-order valence-corrected chi connectivity index (χ0v) is 13.3. The minimum atomic E-state index is 0.356. The molecule has 5 rings (SSSR count). The second-order valence-electron chi connectivity index (χ2n) is 8.65. The lowest BCUT2D eigenvalue weighted by Gasteiger charge is -2.59. The molecule has 20 heavy (non-hydrogen) atoms. The Morgan fingerprint density at radius 1 is 0.850 bits per heavy atom. The van der Waals surface area contributed by atoms with Crippen LogP contribution in [0.2, 0.25) is 0 Å². The van der Waals surface area contributed by atoms with Gasteiger partial charge in [-0.25, -0.2) is 0 Å². The zero-order chi connectivity index (χ0) is 13.6. The predicted molar refractivity (Wildman–Crippen MR) is 82.7 cm³/mol. The summed E-state index contributed by atoms with van der Waals surface area (Å²) in [5, 5.41) is 0. The highest BCUT2D eigenvalue weighted by atomic mass is 16.6. The molecule has 4 saturated carbocycles. The largest absolute Gasteiger partial charge is 0.369 e. The van der Waals surface area contributed by atoms with Crippen molar-refractivity contribution in [3.05, 3.63) is 0 Å². The van der Waals surface area contributed by atoms with Crippen molar-refractivity contribution in [3.63, 3.8) is 0 Å². The van der Waals surface area contributed by atoms with E-state index < -0.39 is 0 Å². The van der Waals surface area contributed by atoms with Crippen molar-refractivity contribution in [1.29, 1.82) is 0 Å². The fourth-order valence-electron chi connectivity index (χ4n) is 6.49. The van der Waals surface area contributed by atoms with Crippen molar-refractivity contribution >= 4 is 0 Å². The molecule has 1 heterocycles. The van der Waals surface area contributed by atoms with Crippen LogP contribution in [0.5, 0.6) is 0 Å². The highest BCUT2D eigenvalue weighted by Gasteiger charge is 2.66. The third kappa shape index (κ3) is 2.16. The number of ether oxygens (including phenoxy) is 1. The smallest absolute Gasteiger partial charge is 0.0972 e. The lowest BCUT2D eigenvalue weighted by Crippen LogP contribution is -2.53. The second-order valence-corrected chi connectivity index (χ2v) is 8.65. The van der Waals surface area contributed by atoms with Gasteiger partial charge in [-0.3, -0.25) is 0 Å². The van der Waals surface area contributed by atoms with Crippen molar-refractivity contribution in [2.45, 2.75) is 89.6 Å². The molecule has 1 unspecified atom stereocenters. The van der Waals surface area contributed by atoms with Gasteiger partial charge in [0.2, 0.25) is 0 Å². The molecule has 1 nitrogen and oxygen atoms in total. The normalized spacial score (nSPS) is 48.8. The second kappa shape index (κ2) is 5.00. The average molecular weight is 276 g/mol. The monoisotopic (exact) mass is 276 g/mol. The lowest BCUT2D eigenvalue weighted by atomic mass is 9.46. The summed E-state index contributed by atoms with van der Waals surface area (Å²) in [4.78, 5) is 0. The highest BCUT2D eigenvalue weighted by Crippen LogP contribution is 2.68. The Morgan fingerprint density at radius 2 is 1.40 bits per heavy atom. The standard InChI is InChI=1S/C19H32O/c1-2-3-4-5-6-7-19(14-20-19)18-11-15-8-16(12-18)10-17(9-15)13-18/h15-17H,2-14H2,1H3. The number of hydrogen-bond acceptors (Lipinski definition) is 1. The van der Waals surface area contributed by atoms with E-state index in [4.69, 9.17) is 4.74 Å². The maximum absolute atomic E-state index is 6.19. The van der Waals surface area contributed by atoms with E-state index in [9.17, 15) is 0 Å². The third-order valence-corrected chi connectivity index (χ3v) is 7.18. The number of hydrogen-bond donors (Lipinski definition) is 0. The number of rotatable bonds is 7. The van der Waals surface area contributed by atoms with Gasteiger partial charge in [0, 0.05) is 5.41 Å². The maximum atomic E-state index is 6.19. The van der Waals surface area contributed by atoms with Crippen LogP contribution < -0.4 is 0 Å². The molecule has 0 radical (unpaired) electrons. The van der Waals surface area contributed by atoms with Gasteiger partial charge >= 0.3 is 0 Å². The summed E-state index contributed by atoms with van der Waals surface area (Å²) < 4.78 is 6.19. The molecular weight excluding hydrogens is 244 g/mol. The van der Waals surface area contributed by atoms with Crippen LogP contribution in [0.4, 0.5) is 0 Å². The highest BCUT2D eigenvalue weighted by molar-refractivity contribution is 5.15. The van der Waals surface area contributed by atoms with Crippen LogP contribution >= 0.6 is 0 Å². The van der Waals surface area contributed by atoms with E-state index in [0.717, 1.165) is 24.4 Å². The molecule has 0 aromatic rings. The summed E-state index contributed by atoms with van der Waals surface area (Å²) in [5.41, 5.74) is 0.988. The fourth-order valence-corrected chi connectivity index (χ4v) is 6.49. The van der Waals surface area contributed by atoms with Crippen molar-refractivity contribution in [3.8, 4) is 0 Å².